The number of aryl methyl sites for hydroxylation is 1. The molecule has 3 aromatic rings. The number of hydrogen-bond donors (Lipinski definition) is 1. The molecule has 0 bridgehead atoms. The molecule has 1 heterocycles. The predicted octanol–water partition coefficient (Wildman–Crippen LogP) is 4.14. The summed E-state index contributed by atoms with van der Waals surface area (Å²) in [5.74, 6) is 1.52. The number of amidine groups is 1. The number of hydrogen-bond acceptors (Lipinski definition) is 4. The summed E-state index contributed by atoms with van der Waals surface area (Å²) in [5.41, 5.74) is 8.21. The molecule has 122 valence electrons. The van der Waals surface area contributed by atoms with Crippen LogP contribution in [-0.4, -0.2) is 10.8 Å². The molecule has 6 heteroatoms. The Morgan fingerprint density at radius 1 is 1.17 bits per heavy atom. The van der Waals surface area contributed by atoms with Crippen molar-refractivity contribution in [1.82, 2.24) is 4.98 Å². The number of aromatic nitrogens is 1. The molecule has 0 atom stereocenters. The van der Waals surface area contributed by atoms with Crippen molar-refractivity contribution < 1.29 is 9.25 Å². The molecule has 0 fully saturated rings. The highest BCUT2D eigenvalue weighted by atomic mass is 35.5. The Balaban J connectivity index is 1.68. The molecule has 0 aliphatic heterocycles. The fourth-order valence-corrected chi connectivity index (χ4v) is 2.23. The topological polar surface area (TPSA) is 73.6 Å². The lowest BCUT2D eigenvalue weighted by atomic mass is 10.2. The number of halogens is 1. The van der Waals surface area contributed by atoms with Gasteiger partial charge in [-0.05, 0) is 43.3 Å². The summed E-state index contributed by atoms with van der Waals surface area (Å²) in [6, 6.07) is 16.7. The molecule has 2 N–H and O–H groups in total. The SMILES string of the molecule is Cc1oc(-c2ccccc2)nc1CO/N=C(/N)c1ccc(Cl)cc1. The molecule has 0 saturated heterocycles. The van der Waals surface area contributed by atoms with E-state index in [1.165, 1.54) is 0 Å². The van der Waals surface area contributed by atoms with Crippen LogP contribution >= 0.6 is 11.6 Å². The van der Waals surface area contributed by atoms with Gasteiger partial charge in [-0.1, -0.05) is 35.0 Å². The molecule has 0 saturated carbocycles. The minimum Gasteiger partial charge on any atom is -0.441 e. The molecule has 0 radical (unpaired) electrons. The van der Waals surface area contributed by atoms with Gasteiger partial charge < -0.3 is 15.0 Å². The highest BCUT2D eigenvalue weighted by Crippen LogP contribution is 2.21. The van der Waals surface area contributed by atoms with Gasteiger partial charge in [0.15, 0.2) is 12.4 Å². The van der Waals surface area contributed by atoms with Gasteiger partial charge in [-0.25, -0.2) is 4.98 Å². The van der Waals surface area contributed by atoms with E-state index in [1.807, 2.05) is 37.3 Å². The van der Waals surface area contributed by atoms with Crippen LogP contribution in [0.4, 0.5) is 0 Å². The van der Waals surface area contributed by atoms with Gasteiger partial charge in [0, 0.05) is 16.1 Å². The highest BCUT2D eigenvalue weighted by Gasteiger charge is 2.11. The van der Waals surface area contributed by atoms with Crippen molar-refractivity contribution in [2.75, 3.05) is 0 Å². The Kier molecular flexibility index (Phi) is 4.82. The van der Waals surface area contributed by atoms with Crippen molar-refractivity contribution in [3.05, 3.63) is 76.6 Å². The van der Waals surface area contributed by atoms with Crippen LogP contribution in [0.25, 0.3) is 11.5 Å². The third kappa shape index (κ3) is 3.75. The lowest BCUT2D eigenvalue weighted by molar-refractivity contribution is 0.127. The van der Waals surface area contributed by atoms with Crippen LogP contribution in [0.2, 0.25) is 5.02 Å². The average Bonchev–Trinajstić information content (AvgIpc) is 2.97. The predicted molar refractivity (Wildman–Crippen MR) is 93.6 cm³/mol. The zero-order valence-electron chi connectivity index (χ0n) is 13.1. The maximum Gasteiger partial charge on any atom is 0.226 e. The summed E-state index contributed by atoms with van der Waals surface area (Å²) < 4.78 is 5.67. The first-order valence-corrected chi connectivity index (χ1v) is 7.74. The smallest absolute Gasteiger partial charge is 0.226 e. The molecular weight excluding hydrogens is 326 g/mol. The lowest BCUT2D eigenvalue weighted by Gasteiger charge is -2.01. The van der Waals surface area contributed by atoms with Crippen LogP contribution in [0.15, 0.2) is 64.2 Å². The van der Waals surface area contributed by atoms with E-state index >= 15 is 0 Å². The van der Waals surface area contributed by atoms with E-state index in [4.69, 9.17) is 26.6 Å². The summed E-state index contributed by atoms with van der Waals surface area (Å²) in [5, 5.41) is 4.55. The molecule has 0 aliphatic rings. The fraction of sp³-hybridized carbons (Fsp3) is 0.111. The van der Waals surface area contributed by atoms with Gasteiger partial charge in [-0.2, -0.15) is 0 Å². The van der Waals surface area contributed by atoms with Gasteiger partial charge in [-0.3, -0.25) is 0 Å². The van der Waals surface area contributed by atoms with Crippen molar-refractivity contribution in [1.29, 1.82) is 0 Å². The van der Waals surface area contributed by atoms with Crippen molar-refractivity contribution in [2.24, 2.45) is 10.9 Å². The van der Waals surface area contributed by atoms with Crippen LogP contribution < -0.4 is 5.73 Å². The normalized spacial score (nSPS) is 11.5. The Bertz CT molecular complexity index is 842. The summed E-state index contributed by atoms with van der Waals surface area (Å²) in [6.07, 6.45) is 0. The fourth-order valence-electron chi connectivity index (χ4n) is 2.10. The standard InChI is InChI=1S/C18H16ClN3O2/c1-12-16(21-18(24-12)14-5-3-2-4-6-14)11-23-22-17(20)13-7-9-15(19)10-8-13/h2-10H,11H2,1H3,(H2,20,22). The molecule has 5 nitrogen and oxygen atoms in total. The van der Waals surface area contributed by atoms with Gasteiger partial charge in [0.2, 0.25) is 5.89 Å². The molecule has 1 aromatic heterocycles. The number of rotatable bonds is 5. The van der Waals surface area contributed by atoms with Crippen molar-refractivity contribution in [2.45, 2.75) is 13.5 Å². The van der Waals surface area contributed by atoms with E-state index in [2.05, 4.69) is 10.1 Å². The van der Waals surface area contributed by atoms with E-state index in [-0.39, 0.29) is 12.4 Å². The third-order valence-corrected chi connectivity index (χ3v) is 3.67. The van der Waals surface area contributed by atoms with Gasteiger partial charge in [0.25, 0.3) is 0 Å². The molecule has 0 aliphatic carbocycles. The highest BCUT2D eigenvalue weighted by molar-refractivity contribution is 6.30. The van der Waals surface area contributed by atoms with E-state index in [0.717, 1.165) is 11.1 Å². The number of oxime groups is 1. The van der Waals surface area contributed by atoms with Gasteiger partial charge in [-0.15, -0.1) is 0 Å². The third-order valence-electron chi connectivity index (χ3n) is 3.42. The Hall–Kier alpha value is -2.79. The van der Waals surface area contributed by atoms with Crippen LogP contribution in [0.5, 0.6) is 0 Å². The zero-order valence-corrected chi connectivity index (χ0v) is 13.8. The van der Waals surface area contributed by atoms with Crippen molar-refractivity contribution in [3.63, 3.8) is 0 Å². The van der Waals surface area contributed by atoms with E-state index in [9.17, 15) is 0 Å². The van der Waals surface area contributed by atoms with Crippen LogP contribution in [0.3, 0.4) is 0 Å². The Morgan fingerprint density at radius 2 is 1.88 bits per heavy atom. The number of oxazole rings is 1. The number of nitrogens with zero attached hydrogens (tertiary/aromatic N) is 2. The molecule has 0 spiro atoms. The largest absolute Gasteiger partial charge is 0.441 e. The first kappa shape index (κ1) is 16.1. The summed E-state index contributed by atoms with van der Waals surface area (Å²) >= 11 is 5.84. The second-order valence-electron chi connectivity index (χ2n) is 5.14. The van der Waals surface area contributed by atoms with Crippen LogP contribution in [-0.2, 0) is 11.4 Å². The molecule has 0 amide bonds. The Morgan fingerprint density at radius 3 is 2.58 bits per heavy atom. The van der Waals surface area contributed by atoms with Crippen molar-refractivity contribution >= 4 is 17.4 Å². The number of benzene rings is 2. The monoisotopic (exact) mass is 341 g/mol. The maximum atomic E-state index is 5.88. The molecule has 24 heavy (non-hydrogen) atoms. The minimum absolute atomic E-state index is 0.177. The zero-order chi connectivity index (χ0) is 16.9. The average molecular weight is 342 g/mol. The van der Waals surface area contributed by atoms with Crippen LogP contribution in [0.1, 0.15) is 17.0 Å². The first-order chi connectivity index (χ1) is 11.6. The van der Waals surface area contributed by atoms with Gasteiger partial charge in [0.1, 0.15) is 11.5 Å². The summed E-state index contributed by atoms with van der Waals surface area (Å²) in [6.45, 7) is 2.01. The van der Waals surface area contributed by atoms with E-state index in [0.29, 0.717) is 22.4 Å². The van der Waals surface area contributed by atoms with E-state index < -0.39 is 0 Å². The number of nitrogens with two attached hydrogens (primary N) is 1. The molecular formula is C18H16ClN3O2. The van der Waals surface area contributed by atoms with E-state index in [1.54, 1.807) is 24.3 Å². The minimum atomic E-state index is 0.177. The first-order valence-electron chi connectivity index (χ1n) is 7.36. The molecule has 0 unspecified atom stereocenters. The molecule has 2 aromatic carbocycles. The second kappa shape index (κ2) is 7.19. The lowest BCUT2D eigenvalue weighted by Crippen LogP contribution is -2.13. The molecule has 3 rings (SSSR count). The Labute approximate surface area is 144 Å². The maximum absolute atomic E-state index is 5.88. The summed E-state index contributed by atoms with van der Waals surface area (Å²) in [7, 11) is 0. The van der Waals surface area contributed by atoms with Crippen molar-refractivity contribution in [3.8, 4) is 11.5 Å². The van der Waals surface area contributed by atoms with Gasteiger partial charge >= 0.3 is 0 Å². The van der Waals surface area contributed by atoms with Gasteiger partial charge in [0.05, 0.1) is 0 Å². The second-order valence-corrected chi connectivity index (χ2v) is 5.58. The summed E-state index contributed by atoms with van der Waals surface area (Å²) in [4.78, 5) is 9.75. The van der Waals surface area contributed by atoms with Crippen LogP contribution in [0, 0.1) is 6.92 Å². The quantitative estimate of drug-likeness (QED) is 0.430.